The van der Waals surface area contributed by atoms with Crippen LogP contribution in [0.3, 0.4) is 0 Å². The number of methoxy groups -OCH3 is 2. The molecular formula is C15H13ClN2O2. The Kier molecular flexibility index (Phi) is 3.24. The Bertz CT molecular complexity index is 745. The molecule has 0 aliphatic carbocycles. The summed E-state index contributed by atoms with van der Waals surface area (Å²) in [5.41, 5.74) is 2.66. The summed E-state index contributed by atoms with van der Waals surface area (Å²) in [6, 6.07) is 11.2. The minimum absolute atomic E-state index is 0.677. The molecule has 1 aromatic heterocycles. The monoisotopic (exact) mass is 288 g/mol. The predicted octanol–water partition coefficient (Wildman–Crippen LogP) is 3.90. The second kappa shape index (κ2) is 5.06. The van der Waals surface area contributed by atoms with Gasteiger partial charge in [0.25, 0.3) is 0 Å². The van der Waals surface area contributed by atoms with E-state index in [-0.39, 0.29) is 0 Å². The number of benzene rings is 2. The van der Waals surface area contributed by atoms with Crippen LogP contribution in [-0.2, 0) is 0 Å². The van der Waals surface area contributed by atoms with Gasteiger partial charge < -0.3 is 14.5 Å². The van der Waals surface area contributed by atoms with Crippen molar-refractivity contribution in [3.8, 4) is 22.9 Å². The van der Waals surface area contributed by atoms with Crippen molar-refractivity contribution in [3.63, 3.8) is 0 Å². The zero-order valence-corrected chi connectivity index (χ0v) is 11.9. The fourth-order valence-corrected chi connectivity index (χ4v) is 2.23. The number of rotatable bonds is 3. The molecule has 0 unspecified atom stereocenters. The molecule has 0 aliphatic rings. The van der Waals surface area contributed by atoms with Crippen LogP contribution in [0.15, 0.2) is 36.4 Å². The molecule has 102 valence electrons. The summed E-state index contributed by atoms with van der Waals surface area (Å²) in [7, 11) is 3.24. The van der Waals surface area contributed by atoms with E-state index in [4.69, 9.17) is 21.1 Å². The molecule has 3 aromatic rings. The van der Waals surface area contributed by atoms with E-state index in [1.807, 2.05) is 36.4 Å². The molecule has 0 atom stereocenters. The molecule has 1 N–H and O–H groups in total. The molecule has 5 heteroatoms. The van der Waals surface area contributed by atoms with Crippen LogP contribution in [0, 0.1) is 0 Å². The lowest BCUT2D eigenvalue weighted by atomic mass is 10.2. The fourth-order valence-electron chi connectivity index (χ4n) is 2.06. The summed E-state index contributed by atoms with van der Waals surface area (Å²) in [6.45, 7) is 0. The molecule has 0 saturated heterocycles. The predicted molar refractivity (Wildman–Crippen MR) is 79.6 cm³/mol. The van der Waals surface area contributed by atoms with Crippen molar-refractivity contribution in [2.24, 2.45) is 0 Å². The van der Waals surface area contributed by atoms with E-state index >= 15 is 0 Å². The maximum absolute atomic E-state index is 5.98. The van der Waals surface area contributed by atoms with Crippen LogP contribution in [0.1, 0.15) is 0 Å². The van der Waals surface area contributed by atoms with Crippen LogP contribution in [0.25, 0.3) is 22.4 Å². The molecule has 0 amide bonds. The number of nitrogens with zero attached hydrogens (tertiary/aromatic N) is 1. The highest BCUT2D eigenvalue weighted by atomic mass is 35.5. The summed E-state index contributed by atoms with van der Waals surface area (Å²) >= 11 is 5.98. The van der Waals surface area contributed by atoms with Gasteiger partial charge in [0.2, 0.25) is 0 Å². The molecule has 2 aromatic carbocycles. The maximum atomic E-state index is 5.98. The van der Waals surface area contributed by atoms with Crippen LogP contribution < -0.4 is 9.47 Å². The van der Waals surface area contributed by atoms with Gasteiger partial charge in [-0.15, -0.1) is 0 Å². The highest BCUT2D eigenvalue weighted by Gasteiger charge is 2.09. The largest absolute Gasteiger partial charge is 0.497 e. The van der Waals surface area contributed by atoms with Crippen molar-refractivity contribution in [1.29, 1.82) is 0 Å². The number of aromatic amines is 1. The van der Waals surface area contributed by atoms with E-state index in [1.165, 1.54) is 0 Å². The molecule has 0 fully saturated rings. The number of halogens is 1. The third-order valence-corrected chi connectivity index (χ3v) is 3.30. The van der Waals surface area contributed by atoms with Gasteiger partial charge in [-0.2, -0.15) is 0 Å². The first-order valence-electron chi connectivity index (χ1n) is 6.08. The van der Waals surface area contributed by atoms with Crippen LogP contribution in [-0.4, -0.2) is 24.2 Å². The van der Waals surface area contributed by atoms with Gasteiger partial charge in [0.05, 0.1) is 25.3 Å². The Morgan fingerprint density at radius 3 is 2.35 bits per heavy atom. The number of hydrogen-bond donors (Lipinski definition) is 1. The molecule has 0 aliphatic heterocycles. The first kappa shape index (κ1) is 12.8. The number of fused-ring (bicyclic) bond motifs is 1. The summed E-state index contributed by atoms with van der Waals surface area (Å²) in [5, 5.41) is 0.677. The van der Waals surface area contributed by atoms with Crippen molar-refractivity contribution >= 4 is 22.6 Å². The average Bonchev–Trinajstić information content (AvgIpc) is 2.89. The van der Waals surface area contributed by atoms with E-state index in [9.17, 15) is 0 Å². The van der Waals surface area contributed by atoms with Crippen molar-refractivity contribution < 1.29 is 9.47 Å². The highest BCUT2D eigenvalue weighted by Crippen LogP contribution is 2.29. The SMILES string of the molecule is COc1cc(OC)cc(-c2nc3ccc(Cl)cc3[nH]2)c1. The zero-order valence-electron chi connectivity index (χ0n) is 11.1. The molecule has 3 rings (SSSR count). The topological polar surface area (TPSA) is 47.1 Å². The van der Waals surface area contributed by atoms with Gasteiger partial charge >= 0.3 is 0 Å². The Hall–Kier alpha value is -2.20. The molecule has 20 heavy (non-hydrogen) atoms. The van der Waals surface area contributed by atoms with E-state index in [2.05, 4.69) is 9.97 Å². The zero-order chi connectivity index (χ0) is 14.1. The summed E-state index contributed by atoms with van der Waals surface area (Å²) in [5.74, 6) is 2.19. The Morgan fingerprint density at radius 1 is 1.00 bits per heavy atom. The number of nitrogens with one attached hydrogen (secondary N) is 1. The second-order valence-corrected chi connectivity index (χ2v) is 4.78. The average molecular weight is 289 g/mol. The number of imidazole rings is 1. The third-order valence-electron chi connectivity index (χ3n) is 3.07. The van der Waals surface area contributed by atoms with E-state index in [0.717, 1.165) is 33.9 Å². The lowest BCUT2D eigenvalue weighted by molar-refractivity contribution is 0.394. The van der Waals surface area contributed by atoms with E-state index < -0.39 is 0 Å². The molecule has 0 saturated carbocycles. The van der Waals surface area contributed by atoms with Crippen molar-refractivity contribution in [1.82, 2.24) is 9.97 Å². The Labute approximate surface area is 121 Å². The van der Waals surface area contributed by atoms with Gasteiger partial charge in [0, 0.05) is 16.7 Å². The van der Waals surface area contributed by atoms with Gasteiger partial charge in [-0.1, -0.05) is 11.6 Å². The minimum Gasteiger partial charge on any atom is -0.497 e. The molecular weight excluding hydrogens is 276 g/mol. The maximum Gasteiger partial charge on any atom is 0.138 e. The lowest BCUT2D eigenvalue weighted by Gasteiger charge is -2.06. The van der Waals surface area contributed by atoms with Gasteiger partial charge in [-0.3, -0.25) is 0 Å². The van der Waals surface area contributed by atoms with Crippen LogP contribution in [0.2, 0.25) is 5.02 Å². The number of aromatic nitrogens is 2. The van der Waals surface area contributed by atoms with Gasteiger partial charge in [-0.25, -0.2) is 4.98 Å². The van der Waals surface area contributed by atoms with Crippen molar-refractivity contribution in [2.45, 2.75) is 0 Å². The van der Waals surface area contributed by atoms with Gasteiger partial charge in [-0.05, 0) is 30.3 Å². The first-order chi connectivity index (χ1) is 9.69. The quantitative estimate of drug-likeness (QED) is 0.795. The van der Waals surface area contributed by atoms with E-state index in [0.29, 0.717) is 5.02 Å². The molecule has 4 nitrogen and oxygen atoms in total. The highest BCUT2D eigenvalue weighted by molar-refractivity contribution is 6.31. The third kappa shape index (κ3) is 2.30. The van der Waals surface area contributed by atoms with Crippen molar-refractivity contribution in [2.75, 3.05) is 14.2 Å². The minimum atomic E-state index is 0.677. The molecule has 0 radical (unpaired) electrons. The number of hydrogen-bond acceptors (Lipinski definition) is 3. The Balaban J connectivity index is 2.14. The molecule has 0 bridgehead atoms. The van der Waals surface area contributed by atoms with Gasteiger partial charge in [0.1, 0.15) is 17.3 Å². The molecule has 1 heterocycles. The standard InChI is InChI=1S/C15H13ClN2O2/c1-19-11-5-9(6-12(8-11)20-2)15-17-13-4-3-10(16)7-14(13)18-15/h3-8H,1-2H3,(H,17,18). The number of H-pyrrole nitrogens is 1. The van der Waals surface area contributed by atoms with Crippen LogP contribution in [0.5, 0.6) is 11.5 Å². The van der Waals surface area contributed by atoms with Crippen molar-refractivity contribution in [3.05, 3.63) is 41.4 Å². The summed E-state index contributed by atoms with van der Waals surface area (Å²) in [4.78, 5) is 7.80. The molecule has 0 spiro atoms. The van der Waals surface area contributed by atoms with Crippen LogP contribution >= 0.6 is 11.6 Å². The summed E-state index contributed by atoms with van der Waals surface area (Å²) in [6.07, 6.45) is 0. The second-order valence-electron chi connectivity index (χ2n) is 4.35. The first-order valence-corrected chi connectivity index (χ1v) is 6.46. The lowest BCUT2D eigenvalue weighted by Crippen LogP contribution is -1.89. The number of ether oxygens (including phenoxy) is 2. The van der Waals surface area contributed by atoms with Gasteiger partial charge in [0.15, 0.2) is 0 Å². The summed E-state index contributed by atoms with van der Waals surface area (Å²) < 4.78 is 10.5. The van der Waals surface area contributed by atoms with E-state index in [1.54, 1.807) is 14.2 Å². The normalized spacial score (nSPS) is 10.8. The van der Waals surface area contributed by atoms with Crippen LogP contribution in [0.4, 0.5) is 0 Å². The smallest absolute Gasteiger partial charge is 0.138 e. The Morgan fingerprint density at radius 2 is 1.70 bits per heavy atom. The fraction of sp³-hybridized carbons (Fsp3) is 0.133.